The summed E-state index contributed by atoms with van der Waals surface area (Å²) in [7, 11) is 0. The van der Waals surface area contributed by atoms with Gasteiger partial charge in [0.2, 0.25) is 0 Å². The van der Waals surface area contributed by atoms with Crippen LogP contribution in [0.5, 0.6) is 0 Å². The molecule has 12 heavy (non-hydrogen) atoms. The number of benzene rings is 1. The summed E-state index contributed by atoms with van der Waals surface area (Å²) < 4.78 is 25.8. The highest BCUT2D eigenvalue weighted by molar-refractivity contribution is 6.42. The Hall–Kier alpha value is -0.380. The molecule has 0 amide bonds. The Balaban J connectivity index is 3.40. The molecule has 0 fully saturated rings. The van der Waals surface area contributed by atoms with Crippen LogP contribution in [0.4, 0.5) is 8.78 Å². The van der Waals surface area contributed by atoms with E-state index in [4.69, 9.17) is 28.9 Å². The van der Waals surface area contributed by atoms with Crippen LogP contribution in [-0.2, 0) is 6.54 Å². The average Bonchev–Trinajstić information content (AvgIpc) is 2.01. The maximum Gasteiger partial charge on any atom is 0.150 e. The summed E-state index contributed by atoms with van der Waals surface area (Å²) in [4.78, 5) is 0. The first-order valence-corrected chi connectivity index (χ1v) is 3.85. The molecule has 0 spiro atoms. The molecule has 0 aliphatic rings. The van der Waals surface area contributed by atoms with Crippen molar-refractivity contribution >= 4 is 23.2 Å². The van der Waals surface area contributed by atoms with Crippen LogP contribution in [0.25, 0.3) is 0 Å². The first-order chi connectivity index (χ1) is 5.57. The van der Waals surface area contributed by atoms with Crippen molar-refractivity contribution in [3.05, 3.63) is 33.3 Å². The minimum absolute atomic E-state index is 0.149. The van der Waals surface area contributed by atoms with Gasteiger partial charge in [-0.05, 0) is 6.07 Å². The van der Waals surface area contributed by atoms with Crippen molar-refractivity contribution in [1.82, 2.24) is 0 Å². The molecule has 0 saturated carbocycles. The lowest BCUT2D eigenvalue weighted by Crippen LogP contribution is -2.04. The van der Waals surface area contributed by atoms with Crippen LogP contribution < -0.4 is 5.73 Å². The topological polar surface area (TPSA) is 26.0 Å². The lowest BCUT2D eigenvalue weighted by molar-refractivity contribution is 0.557. The van der Waals surface area contributed by atoms with Crippen molar-refractivity contribution in [1.29, 1.82) is 0 Å². The van der Waals surface area contributed by atoms with Crippen LogP contribution in [0.1, 0.15) is 5.56 Å². The lowest BCUT2D eigenvalue weighted by atomic mass is 10.2. The van der Waals surface area contributed by atoms with Crippen molar-refractivity contribution in [3.63, 3.8) is 0 Å². The molecule has 5 heteroatoms. The van der Waals surface area contributed by atoms with E-state index >= 15 is 0 Å². The molecule has 66 valence electrons. The lowest BCUT2D eigenvalue weighted by Gasteiger charge is -2.04. The van der Waals surface area contributed by atoms with E-state index in [1.54, 1.807) is 0 Å². The first-order valence-electron chi connectivity index (χ1n) is 3.10. The molecule has 0 aliphatic carbocycles. The van der Waals surface area contributed by atoms with Gasteiger partial charge in [0.15, 0.2) is 5.82 Å². The van der Waals surface area contributed by atoms with E-state index in [9.17, 15) is 8.78 Å². The Morgan fingerprint density at radius 3 is 2.42 bits per heavy atom. The fourth-order valence-electron chi connectivity index (χ4n) is 0.791. The van der Waals surface area contributed by atoms with Crippen molar-refractivity contribution in [3.8, 4) is 0 Å². The smallest absolute Gasteiger partial charge is 0.150 e. The summed E-state index contributed by atoms with van der Waals surface area (Å²) >= 11 is 10.8. The van der Waals surface area contributed by atoms with E-state index < -0.39 is 11.6 Å². The zero-order valence-corrected chi connectivity index (χ0v) is 7.39. The number of halogens is 4. The molecule has 0 atom stereocenters. The first kappa shape index (κ1) is 9.71. The summed E-state index contributed by atoms with van der Waals surface area (Å²) in [6.07, 6.45) is 0. The van der Waals surface area contributed by atoms with Crippen molar-refractivity contribution in [2.24, 2.45) is 5.73 Å². The summed E-state index contributed by atoms with van der Waals surface area (Å²) in [5, 5.41) is -0.442. The van der Waals surface area contributed by atoms with Crippen LogP contribution in [0, 0.1) is 11.6 Å². The molecule has 1 rings (SSSR count). The largest absolute Gasteiger partial charge is 0.326 e. The number of hydrogen-bond acceptors (Lipinski definition) is 1. The summed E-state index contributed by atoms with van der Waals surface area (Å²) in [5.74, 6) is -1.66. The third-order valence-electron chi connectivity index (χ3n) is 1.41. The number of rotatable bonds is 1. The van der Waals surface area contributed by atoms with Gasteiger partial charge in [-0.15, -0.1) is 0 Å². The normalized spacial score (nSPS) is 10.4. The van der Waals surface area contributed by atoms with Gasteiger partial charge in [-0.1, -0.05) is 23.2 Å². The Kier molecular flexibility index (Phi) is 2.88. The summed E-state index contributed by atoms with van der Waals surface area (Å²) in [6.45, 7) is -0.242. The molecule has 0 saturated heterocycles. The maximum absolute atomic E-state index is 13.0. The molecule has 0 unspecified atom stereocenters. The highest BCUT2D eigenvalue weighted by Crippen LogP contribution is 2.28. The third-order valence-corrected chi connectivity index (χ3v) is 2.18. The molecular formula is C7H5Cl2F2N. The minimum atomic E-state index is -0.885. The van der Waals surface area contributed by atoms with Gasteiger partial charge in [0.05, 0.1) is 10.0 Å². The fraction of sp³-hybridized carbons (Fsp3) is 0.143. The second kappa shape index (κ2) is 3.56. The monoisotopic (exact) mass is 211 g/mol. The van der Waals surface area contributed by atoms with Gasteiger partial charge in [0, 0.05) is 12.1 Å². The molecule has 1 aromatic rings. The SMILES string of the molecule is NCc1c(F)cc(Cl)c(Cl)c1F. The maximum atomic E-state index is 13.0. The molecule has 0 bridgehead atoms. The van der Waals surface area contributed by atoms with Gasteiger partial charge in [-0.25, -0.2) is 8.78 Å². The van der Waals surface area contributed by atoms with Crippen molar-refractivity contribution in [2.45, 2.75) is 6.54 Å². The Bertz CT molecular complexity index is 315. The van der Waals surface area contributed by atoms with Crippen molar-refractivity contribution < 1.29 is 8.78 Å². The van der Waals surface area contributed by atoms with Crippen LogP contribution in [0.2, 0.25) is 10.0 Å². The average molecular weight is 212 g/mol. The standard InChI is InChI=1S/C7H5Cl2F2N/c8-4-1-5(10)3(2-12)7(11)6(4)9/h1H,2,12H2. The van der Waals surface area contributed by atoms with Gasteiger partial charge in [0.25, 0.3) is 0 Å². The van der Waals surface area contributed by atoms with Gasteiger partial charge < -0.3 is 5.73 Å². The van der Waals surface area contributed by atoms with Gasteiger partial charge >= 0.3 is 0 Å². The minimum Gasteiger partial charge on any atom is -0.326 e. The van der Waals surface area contributed by atoms with Gasteiger partial charge in [-0.3, -0.25) is 0 Å². The molecule has 0 aromatic heterocycles. The zero-order valence-electron chi connectivity index (χ0n) is 5.87. The van der Waals surface area contributed by atoms with E-state index in [0.29, 0.717) is 0 Å². The molecule has 1 aromatic carbocycles. The molecule has 1 nitrogen and oxygen atoms in total. The predicted octanol–water partition coefficient (Wildman–Crippen LogP) is 2.73. The second-order valence-electron chi connectivity index (χ2n) is 2.15. The van der Waals surface area contributed by atoms with Gasteiger partial charge in [0.1, 0.15) is 5.82 Å². The number of nitrogens with two attached hydrogens (primary N) is 1. The fourth-order valence-corrected chi connectivity index (χ4v) is 1.14. The van der Waals surface area contributed by atoms with Crippen LogP contribution in [-0.4, -0.2) is 0 Å². The molecular weight excluding hydrogens is 207 g/mol. The van der Waals surface area contributed by atoms with Crippen LogP contribution >= 0.6 is 23.2 Å². The third kappa shape index (κ3) is 1.53. The van der Waals surface area contributed by atoms with E-state index in [0.717, 1.165) is 6.07 Å². The van der Waals surface area contributed by atoms with Crippen LogP contribution in [0.3, 0.4) is 0 Å². The molecule has 0 radical (unpaired) electrons. The predicted molar refractivity (Wildman–Crippen MR) is 44.3 cm³/mol. The Morgan fingerprint density at radius 1 is 1.33 bits per heavy atom. The second-order valence-corrected chi connectivity index (χ2v) is 2.94. The van der Waals surface area contributed by atoms with Crippen LogP contribution in [0.15, 0.2) is 6.07 Å². The van der Waals surface area contributed by atoms with Crippen molar-refractivity contribution in [2.75, 3.05) is 0 Å². The van der Waals surface area contributed by atoms with E-state index in [1.165, 1.54) is 0 Å². The number of hydrogen-bond donors (Lipinski definition) is 1. The molecule has 2 N–H and O–H groups in total. The van der Waals surface area contributed by atoms with Gasteiger partial charge in [-0.2, -0.15) is 0 Å². The Labute approximate surface area is 78.1 Å². The quantitative estimate of drug-likeness (QED) is 0.562. The molecule has 0 heterocycles. The van der Waals surface area contributed by atoms with E-state index in [2.05, 4.69) is 0 Å². The van der Waals surface area contributed by atoms with E-state index in [-0.39, 0.29) is 22.2 Å². The zero-order chi connectivity index (χ0) is 9.30. The molecule has 0 aliphatic heterocycles. The van der Waals surface area contributed by atoms with E-state index in [1.807, 2.05) is 0 Å². The highest BCUT2D eigenvalue weighted by Gasteiger charge is 2.14. The summed E-state index contributed by atoms with van der Waals surface area (Å²) in [5.41, 5.74) is 4.84. The summed E-state index contributed by atoms with van der Waals surface area (Å²) in [6, 6.07) is 0.940. The highest BCUT2D eigenvalue weighted by atomic mass is 35.5. The Morgan fingerprint density at radius 2 is 1.92 bits per heavy atom.